The first kappa shape index (κ1) is 19.0. The summed E-state index contributed by atoms with van der Waals surface area (Å²) in [5.41, 5.74) is 2.64. The van der Waals surface area contributed by atoms with Crippen molar-refractivity contribution in [3.63, 3.8) is 0 Å². The van der Waals surface area contributed by atoms with Crippen LogP contribution in [0.25, 0.3) is 0 Å². The van der Waals surface area contributed by atoms with Gasteiger partial charge in [-0.3, -0.25) is 9.59 Å². The van der Waals surface area contributed by atoms with Gasteiger partial charge in [-0.25, -0.2) is 0 Å². The first-order valence-electron chi connectivity index (χ1n) is 9.65. The molecule has 2 aromatic rings. The number of hydrogen-bond acceptors (Lipinski definition) is 3. The van der Waals surface area contributed by atoms with Crippen molar-refractivity contribution in [2.75, 3.05) is 25.0 Å². The number of anilines is 1. The van der Waals surface area contributed by atoms with E-state index in [9.17, 15) is 9.59 Å². The van der Waals surface area contributed by atoms with Gasteiger partial charge in [0.05, 0.1) is 12.6 Å². The van der Waals surface area contributed by atoms with Gasteiger partial charge in [0.15, 0.2) is 0 Å². The van der Waals surface area contributed by atoms with E-state index in [0.717, 1.165) is 43.6 Å². The molecule has 2 N–H and O–H groups in total. The molecule has 1 unspecified atom stereocenters. The lowest BCUT2D eigenvalue weighted by Crippen LogP contribution is -2.33. The number of carbonyl (C=O) groups is 2. The summed E-state index contributed by atoms with van der Waals surface area (Å²) < 4.78 is 0. The van der Waals surface area contributed by atoms with Crippen LogP contribution in [0.3, 0.4) is 0 Å². The van der Waals surface area contributed by atoms with E-state index in [-0.39, 0.29) is 24.4 Å². The molecule has 1 fully saturated rings. The molecule has 1 aliphatic rings. The highest BCUT2D eigenvalue weighted by atomic mass is 16.2. The van der Waals surface area contributed by atoms with E-state index in [0.29, 0.717) is 5.56 Å². The predicted octanol–water partition coefficient (Wildman–Crippen LogP) is 3.60. The van der Waals surface area contributed by atoms with Crippen LogP contribution in [-0.2, 0) is 4.79 Å². The van der Waals surface area contributed by atoms with Crippen LogP contribution in [0.2, 0.25) is 0 Å². The maximum absolute atomic E-state index is 12.4. The van der Waals surface area contributed by atoms with Gasteiger partial charge in [-0.2, -0.15) is 0 Å². The van der Waals surface area contributed by atoms with Gasteiger partial charge in [-0.1, -0.05) is 37.3 Å². The Labute approximate surface area is 160 Å². The average molecular weight is 365 g/mol. The molecular weight excluding hydrogens is 338 g/mol. The van der Waals surface area contributed by atoms with Crippen LogP contribution in [0.5, 0.6) is 0 Å². The van der Waals surface area contributed by atoms with Crippen LogP contribution in [-0.4, -0.2) is 36.3 Å². The molecule has 27 heavy (non-hydrogen) atoms. The lowest BCUT2D eigenvalue weighted by atomic mass is 10.0. The number of rotatable bonds is 7. The summed E-state index contributed by atoms with van der Waals surface area (Å²) in [6.07, 6.45) is 3.01. The number of carbonyl (C=O) groups excluding carboxylic acids is 2. The first-order valence-corrected chi connectivity index (χ1v) is 9.65. The molecule has 3 rings (SSSR count). The molecule has 0 aliphatic carbocycles. The van der Waals surface area contributed by atoms with Crippen molar-refractivity contribution >= 4 is 17.5 Å². The minimum absolute atomic E-state index is 0.0148. The van der Waals surface area contributed by atoms with E-state index < -0.39 is 0 Å². The normalized spacial score (nSPS) is 14.6. The summed E-state index contributed by atoms with van der Waals surface area (Å²) >= 11 is 0. The molecule has 1 heterocycles. The molecule has 142 valence electrons. The summed E-state index contributed by atoms with van der Waals surface area (Å²) in [4.78, 5) is 26.5. The fourth-order valence-electron chi connectivity index (χ4n) is 3.37. The number of benzene rings is 2. The van der Waals surface area contributed by atoms with Crippen molar-refractivity contribution in [1.82, 2.24) is 10.2 Å². The molecule has 0 bridgehead atoms. The zero-order valence-electron chi connectivity index (χ0n) is 15.8. The molecule has 0 spiro atoms. The summed E-state index contributed by atoms with van der Waals surface area (Å²) in [6.45, 7) is 3.95. The van der Waals surface area contributed by atoms with Crippen molar-refractivity contribution in [3.8, 4) is 0 Å². The van der Waals surface area contributed by atoms with Crippen molar-refractivity contribution in [3.05, 3.63) is 65.7 Å². The van der Waals surface area contributed by atoms with E-state index in [2.05, 4.69) is 17.6 Å². The third kappa shape index (κ3) is 5.09. The first-order chi connectivity index (χ1) is 13.2. The highest BCUT2D eigenvalue weighted by Crippen LogP contribution is 2.17. The molecular formula is C22H27N3O2. The van der Waals surface area contributed by atoms with Crippen molar-refractivity contribution < 1.29 is 9.59 Å². The lowest BCUT2D eigenvalue weighted by molar-refractivity contribution is -0.120. The molecule has 5 heteroatoms. The van der Waals surface area contributed by atoms with Crippen LogP contribution in [0, 0.1) is 0 Å². The molecule has 5 nitrogen and oxygen atoms in total. The Kier molecular flexibility index (Phi) is 6.47. The Hall–Kier alpha value is -2.82. The van der Waals surface area contributed by atoms with Crippen LogP contribution in [0.15, 0.2) is 54.6 Å². The highest BCUT2D eigenvalue weighted by Gasteiger charge is 2.19. The molecule has 1 atom stereocenters. The second-order valence-electron chi connectivity index (χ2n) is 6.87. The topological polar surface area (TPSA) is 61.4 Å². The fraction of sp³-hybridized carbons (Fsp3) is 0.364. The minimum atomic E-state index is -0.0528. The summed E-state index contributed by atoms with van der Waals surface area (Å²) in [5, 5.41) is 6.18. The van der Waals surface area contributed by atoms with E-state index in [1.807, 2.05) is 59.5 Å². The Morgan fingerprint density at radius 1 is 1.00 bits per heavy atom. The number of nitrogens with one attached hydrogen (secondary N) is 2. The number of amides is 2. The summed E-state index contributed by atoms with van der Waals surface area (Å²) in [6, 6.07) is 17.3. The number of hydrogen-bond donors (Lipinski definition) is 2. The van der Waals surface area contributed by atoms with Gasteiger partial charge in [-0.15, -0.1) is 0 Å². The standard InChI is InChI=1S/C22H27N3O2/c1-2-20(17-8-4-3-5-9-17)24-21(26)16-23-19-12-10-18(11-13-19)22(27)25-14-6-7-15-25/h3-5,8-13,20,23H,2,6-7,14-16H2,1H3,(H,24,26). The fourth-order valence-corrected chi connectivity index (χ4v) is 3.37. The monoisotopic (exact) mass is 365 g/mol. The van der Waals surface area contributed by atoms with Gasteiger partial charge < -0.3 is 15.5 Å². The summed E-state index contributed by atoms with van der Waals surface area (Å²) in [7, 11) is 0. The SMILES string of the molecule is CCC(NC(=O)CNc1ccc(C(=O)N2CCCC2)cc1)c1ccccc1. The maximum atomic E-state index is 12.4. The summed E-state index contributed by atoms with van der Waals surface area (Å²) in [5.74, 6) is 0.0355. The highest BCUT2D eigenvalue weighted by molar-refractivity contribution is 5.94. The zero-order valence-corrected chi connectivity index (χ0v) is 15.8. The van der Waals surface area contributed by atoms with Crippen LogP contribution in [0.1, 0.15) is 48.1 Å². The predicted molar refractivity (Wildman–Crippen MR) is 108 cm³/mol. The maximum Gasteiger partial charge on any atom is 0.253 e. The zero-order chi connectivity index (χ0) is 19.1. The van der Waals surface area contributed by atoms with Crippen molar-refractivity contribution in [1.29, 1.82) is 0 Å². The molecule has 0 saturated carbocycles. The molecule has 0 aromatic heterocycles. The Bertz CT molecular complexity index is 753. The molecule has 2 amide bonds. The quantitative estimate of drug-likeness (QED) is 0.788. The largest absolute Gasteiger partial charge is 0.376 e. The molecule has 1 aliphatic heterocycles. The van der Waals surface area contributed by atoms with Crippen LogP contribution in [0.4, 0.5) is 5.69 Å². The lowest BCUT2D eigenvalue weighted by Gasteiger charge is -2.18. The van der Waals surface area contributed by atoms with Crippen LogP contribution < -0.4 is 10.6 Å². The van der Waals surface area contributed by atoms with E-state index in [1.165, 1.54) is 0 Å². The van der Waals surface area contributed by atoms with Crippen molar-refractivity contribution in [2.45, 2.75) is 32.2 Å². The van der Waals surface area contributed by atoms with E-state index in [1.54, 1.807) is 0 Å². The van der Waals surface area contributed by atoms with Gasteiger partial charge in [0.25, 0.3) is 5.91 Å². The Morgan fingerprint density at radius 2 is 1.67 bits per heavy atom. The van der Waals surface area contributed by atoms with E-state index in [4.69, 9.17) is 0 Å². The Balaban J connectivity index is 1.50. The second kappa shape index (κ2) is 9.21. The Morgan fingerprint density at radius 3 is 2.30 bits per heavy atom. The van der Waals surface area contributed by atoms with E-state index >= 15 is 0 Å². The third-order valence-electron chi connectivity index (χ3n) is 4.92. The van der Waals surface area contributed by atoms with Gasteiger partial charge in [0.1, 0.15) is 0 Å². The molecule has 1 saturated heterocycles. The molecule has 2 aromatic carbocycles. The smallest absolute Gasteiger partial charge is 0.253 e. The third-order valence-corrected chi connectivity index (χ3v) is 4.92. The second-order valence-corrected chi connectivity index (χ2v) is 6.87. The van der Waals surface area contributed by atoms with Gasteiger partial charge in [0.2, 0.25) is 5.91 Å². The number of nitrogens with zero attached hydrogens (tertiary/aromatic N) is 1. The van der Waals surface area contributed by atoms with Gasteiger partial charge in [-0.05, 0) is 49.1 Å². The average Bonchev–Trinajstić information content (AvgIpc) is 3.26. The van der Waals surface area contributed by atoms with Crippen LogP contribution >= 0.6 is 0 Å². The minimum Gasteiger partial charge on any atom is -0.376 e. The van der Waals surface area contributed by atoms with Crippen molar-refractivity contribution in [2.24, 2.45) is 0 Å². The van der Waals surface area contributed by atoms with Gasteiger partial charge >= 0.3 is 0 Å². The molecule has 0 radical (unpaired) electrons. The number of likely N-dealkylation sites (tertiary alicyclic amines) is 1. The van der Waals surface area contributed by atoms with Gasteiger partial charge in [0, 0.05) is 24.3 Å².